The molecule has 31 heavy (non-hydrogen) atoms. The van der Waals surface area contributed by atoms with Crippen LogP contribution in [0.4, 0.5) is 0 Å². The van der Waals surface area contributed by atoms with Gasteiger partial charge in [0.2, 0.25) is 5.91 Å². The van der Waals surface area contributed by atoms with Crippen molar-refractivity contribution in [3.05, 3.63) is 89.8 Å². The van der Waals surface area contributed by atoms with E-state index in [9.17, 15) is 9.59 Å². The van der Waals surface area contributed by atoms with Crippen LogP contribution in [0.5, 0.6) is 11.5 Å². The van der Waals surface area contributed by atoms with Crippen LogP contribution < -0.4 is 14.9 Å². The van der Waals surface area contributed by atoms with Crippen molar-refractivity contribution >= 4 is 24.2 Å². The highest BCUT2D eigenvalue weighted by Gasteiger charge is 2.04. The van der Waals surface area contributed by atoms with E-state index in [-0.39, 0.29) is 12.3 Å². The third-order valence-electron chi connectivity index (χ3n) is 4.42. The van der Waals surface area contributed by atoms with E-state index in [2.05, 4.69) is 10.5 Å². The number of hydrogen-bond donors (Lipinski definition) is 1. The first-order chi connectivity index (χ1) is 15.0. The maximum Gasteiger partial charge on any atom is 0.336 e. The van der Waals surface area contributed by atoms with Gasteiger partial charge in [-0.15, -0.1) is 0 Å². The summed E-state index contributed by atoms with van der Waals surface area (Å²) in [6, 6.07) is 17.9. The van der Waals surface area contributed by atoms with Crippen molar-refractivity contribution in [2.45, 2.75) is 6.42 Å². The van der Waals surface area contributed by atoms with Gasteiger partial charge in [-0.1, -0.05) is 12.1 Å². The maximum absolute atomic E-state index is 12.0. The molecule has 0 radical (unpaired) electrons. The first-order valence-corrected chi connectivity index (χ1v) is 9.59. The van der Waals surface area contributed by atoms with Gasteiger partial charge in [-0.25, -0.2) is 10.2 Å². The molecule has 158 valence electrons. The predicted octanol–water partition coefficient (Wildman–Crippen LogP) is 3.35. The Bertz CT molecular complexity index is 1080. The van der Waals surface area contributed by atoms with Crippen LogP contribution in [0, 0.1) is 0 Å². The van der Waals surface area contributed by atoms with E-state index in [1.165, 1.54) is 12.3 Å². The molecule has 0 saturated carbocycles. The van der Waals surface area contributed by atoms with Crippen molar-refractivity contribution in [1.82, 2.24) is 9.99 Å². The summed E-state index contributed by atoms with van der Waals surface area (Å²) >= 11 is 0. The Balaban J connectivity index is 1.47. The molecule has 2 aromatic carbocycles. The molecular formula is C24H23N3O4. The summed E-state index contributed by atoms with van der Waals surface area (Å²) in [5, 5.41) is 3.96. The zero-order valence-electron chi connectivity index (χ0n) is 17.3. The average molecular weight is 417 g/mol. The van der Waals surface area contributed by atoms with Crippen LogP contribution in [0.3, 0.4) is 0 Å². The summed E-state index contributed by atoms with van der Waals surface area (Å²) in [5.74, 6) is 0.478. The summed E-state index contributed by atoms with van der Waals surface area (Å²) < 4.78 is 12.3. The Labute approximate surface area is 180 Å². The van der Waals surface area contributed by atoms with Crippen molar-refractivity contribution in [3.63, 3.8) is 0 Å². The Morgan fingerprint density at radius 2 is 1.68 bits per heavy atom. The molecule has 0 atom stereocenters. The lowest BCUT2D eigenvalue weighted by Gasteiger charge is -2.03. The number of nitrogens with one attached hydrogen (secondary N) is 1. The molecule has 0 unspecified atom stereocenters. The van der Waals surface area contributed by atoms with Crippen molar-refractivity contribution in [1.29, 1.82) is 0 Å². The Hall–Kier alpha value is -4.13. The highest BCUT2D eigenvalue weighted by atomic mass is 16.5. The van der Waals surface area contributed by atoms with Gasteiger partial charge in [0.1, 0.15) is 11.5 Å². The second kappa shape index (κ2) is 10.6. The van der Waals surface area contributed by atoms with Gasteiger partial charge in [0, 0.05) is 25.0 Å². The lowest BCUT2D eigenvalue weighted by molar-refractivity contribution is -0.129. The number of aromatic nitrogens is 1. The van der Waals surface area contributed by atoms with Gasteiger partial charge in [0.25, 0.3) is 0 Å². The molecule has 0 bridgehead atoms. The molecular weight excluding hydrogens is 394 g/mol. The van der Waals surface area contributed by atoms with Gasteiger partial charge in [-0.2, -0.15) is 5.10 Å². The largest absolute Gasteiger partial charge is 0.497 e. The number of amides is 1. The number of aryl methyl sites for hydroxylation is 1. The van der Waals surface area contributed by atoms with E-state index in [1.807, 2.05) is 54.2 Å². The van der Waals surface area contributed by atoms with Crippen LogP contribution in [0.25, 0.3) is 6.08 Å². The van der Waals surface area contributed by atoms with Crippen LogP contribution in [0.1, 0.15) is 16.8 Å². The summed E-state index contributed by atoms with van der Waals surface area (Å²) in [7, 11) is 3.48. The fourth-order valence-electron chi connectivity index (χ4n) is 2.71. The van der Waals surface area contributed by atoms with Crippen LogP contribution in [-0.4, -0.2) is 29.8 Å². The predicted molar refractivity (Wildman–Crippen MR) is 119 cm³/mol. The van der Waals surface area contributed by atoms with Crippen LogP contribution >= 0.6 is 0 Å². The summed E-state index contributed by atoms with van der Waals surface area (Å²) in [4.78, 5) is 23.9. The molecule has 1 aromatic heterocycles. The number of benzene rings is 2. The van der Waals surface area contributed by atoms with E-state index in [0.717, 1.165) is 22.6 Å². The topological polar surface area (TPSA) is 81.9 Å². The minimum Gasteiger partial charge on any atom is -0.497 e. The van der Waals surface area contributed by atoms with Crippen LogP contribution in [0.2, 0.25) is 0 Å². The van der Waals surface area contributed by atoms with E-state index >= 15 is 0 Å². The third kappa shape index (κ3) is 6.71. The number of esters is 1. The lowest BCUT2D eigenvalue weighted by Crippen LogP contribution is -2.20. The van der Waals surface area contributed by atoms with E-state index < -0.39 is 5.97 Å². The molecule has 0 aliphatic rings. The van der Waals surface area contributed by atoms with Crippen LogP contribution in [-0.2, 0) is 23.1 Å². The molecule has 3 rings (SSSR count). The SMILES string of the molecule is COc1ccc(/C=C/C(=O)Oc2ccc(/C=N/NC(=O)Cc3cccn3C)cc2)cc1. The molecule has 0 aliphatic heterocycles. The van der Waals surface area contributed by atoms with E-state index in [4.69, 9.17) is 9.47 Å². The second-order valence-electron chi connectivity index (χ2n) is 6.68. The molecule has 7 heteroatoms. The summed E-state index contributed by atoms with van der Waals surface area (Å²) in [6.07, 6.45) is 6.69. The number of carbonyl (C=O) groups is 2. The highest BCUT2D eigenvalue weighted by molar-refractivity contribution is 5.89. The number of ether oxygens (including phenoxy) is 2. The standard InChI is InChI=1S/C24H23N3O4/c1-27-15-3-4-20(27)16-23(28)26-25-17-19-7-12-22(13-8-19)31-24(29)14-9-18-5-10-21(30-2)11-6-18/h3-15,17H,16H2,1-2H3,(H,26,28)/b14-9+,25-17+. The monoisotopic (exact) mass is 417 g/mol. The fraction of sp³-hybridized carbons (Fsp3) is 0.125. The van der Waals surface area contributed by atoms with Gasteiger partial charge in [-0.05, 0) is 65.7 Å². The molecule has 1 heterocycles. The molecule has 0 spiro atoms. The third-order valence-corrected chi connectivity index (χ3v) is 4.42. The smallest absolute Gasteiger partial charge is 0.336 e. The molecule has 0 aliphatic carbocycles. The van der Waals surface area contributed by atoms with Gasteiger partial charge in [-0.3, -0.25) is 4.79 Å². The van der Waals surface area contributed by atoms with Crippen molar-refractivity contribution in [2.75, 3.05) is 7.11 Å². The van der Waals surface area contributed by atoms with Crippen LogP contribution in [0.15, 0.2) is 78.0 Å². The second-order valence-corrected chi connectivity index (χ2v) is 6.68. The normalized spacial score (nSPS) is 11.0. The lowest BCUT2D eigenvalue weighted by atomic mass is 10.2. The van der Waals surface area contributed by atoms with Crippen molar-refractivity contribution in [2.24, 2.45) is 12.1 Å². The average Bonchev–Trinajstić information content (AvgIpc) is 3.18. The Kier molecular flexibility index (Phi) is 7.37. The van der Waals surface area contributed by atoms with E-state index in [0.29, 0.717) is 5.75 Å². The summed E-state index contributed by atoms with van der Waals surface area (Å²) in [6.45, 7) is 0. The molecule has 1 N–H and O–H groups in total. The number of hydrazone groups is 1. The zero-order chi connectivity index (χ0) is 22.1. The Morgan fingerprint density at radius 3 is 2.32 bits per heavy atom. The number of carbonyl (C=O) groups excluding carboxylic acids is 2. The number of hydrogen-bond acceptors (Lipinski definition) is 5. The van der Waals surface area contributed by atoms with Gasteiger partial charge < -0.3 is 14.0 Å². The number of nitrogens with zero attached hydrogens (tertiary/aromatic N) is 2. The number of rotatable bonds is 8. The highest BCUT2D eigenvalue weighted by Crippen LogP contribution is 2.14. The fourth-order valence-corrected chi connectivity index (χ4v) is 2.71. The minimum atomic E-state index is -0.481. The first kappa shape index (κ1) is 21.6. The molecule has 0 fully saturated rings. The van der Waals surface area contributed by atoms with Crippen molar-refractivity contribution < 1.29 is 19.1 Å². The molecule has 7 nitrogen and oxygen atoms in total. The Morgan fingerprint density at radius 1 is 1.00 bits per heavy atom. The van der Waals surface area contributed by atoms with Gasteiger partial charge >= 0.3 is 5.97 Å². The van der Waals surface area contributed by atoms with Gasteiger partial charge in [0.15, 0.2) is 0 Å². The minimum absolute atomic E-state index is 0.202. The first-order valence-electron chi connectivity index (χ1n) is 9.59. The molecule has 0 saturated heterocycles. The number of methoxy groups -OCH3 is 1. The zero-order valence-corrected chi connectivity index (χ0v) is 17.3. The molecule has 3 aromatic rings. The summed E-state index contributed by atoms with van der Waals surface area (Å²) in [5.41, 5.74) is 5.02. The van der Waals surface area contributed by atoms with E-state index in [1.54, 1.807) is 37.5 Å². The van der Waals surface area contributed by atoms with Gasteiger partial charge in [0.05, 0.1) is 19.7 Å². The quantitative estimate of drug-likeness (QED) is 0.200. The molecule has 1 amide bonds. The van der Waals surface area contributed by atoms with Crippen molar-refractivity contribution in [3.8, 4) is 11.5 Å². The maximum atomic E-state index is 12.0.